The third kappa shape index (κ3) is 3.07. The molecular formula is C13H16O4. The lowest BCUT2D eigenvalue weighted by molar-refractivity contribution is -0.149. The van der Waals surface area contributed by atoms with Crippen LogP contribution < -0.4 is 0 Å². The lowest BCUT2D eigenvalue weighted by atomic mass is 9.94. The number of esters is 1. The summed E-state index contributed by atoms with van der Waals surface area (Å²) in [5, 5.41) is 10.1. The topological polar surface area (TPSA) is 55.8 Å². The van der Waals surface area contributed by atoms with Crippen LogP contribution in [0.4, 0.5) is 0 Å². The van der Waals surface area contributed by atoms with Crippen LogP contribution in [0, 0.1) is 5.92 Å². The van der Waals surface area contributed by atoms with Crippen LogP contribution in [-0.2, 0) is 14.3 Å². The molecule has 0 fully saturated rings. The largest absolute Gasteiger partial charge is 0.501 e. The Hall–Kier alpha value is -1.81. The maximum absolute atomic E-state index is 11.6. The van der Waals surface area contributed by atoms with Gasteiger partial charge in [0.1, 0.15) is 11.7 Å². The summed E-state index contributed by atoms with van der Waals surface area (Å²) in [6.07, 6.45) is -1.03. The first-order valence-electron chi connectivity index (χ1n) is 5.15. The Morgan fingerprint density at radius 2 is 1.82 bits per heavy atom. The van der Waals surface area contributed by atoms with E-state index in [0.29, 0.717) is 5.56 Å². The fraction of sp³-hybridized carbons (Fsp3) is 0.308. The van der Waals surface area contributed by atoms with Crippen LogP contribution >= 0.6 is 0 Å². The Bertz CT molecular complexity index is 370. The fourth-order valence-electron chi connectivity index (χ4n) is 1.53. The summed E-state index contributed by atoms with van der Waals surface area (Å²) < 4.78 is 9.56. The number of carbonyl (C=O) groups is 1. The monoisotopic (exact) mass is 236 g/mol. The summed E-state index contributed by atoms with van der Waals surface area (Å²) in [5.41, 5.74) is 0.612. The highest BCUT2D eigenvalue weighted by Gasteiger charge is 2.32. The molecule has 17 heavy (non-hydrogen) atoms. The molecule has 92 valence electrons. The van der Waals surface area contributed by atoms with E-state index in [4.69, 9.17) is 4.74 Å². The number of benzene rings is 1. The zero-order chi connectivity index (χ0) is 12.8. The smallest absolute Gasteiger partial charge is 0.319 e. The Morgan fingerprint density at radius 1 is 1.24 bits per heavy atom. The normalized spacial score (nSPS) is 13.6. The Labute approximate surface area is 100 Å². The van der Waals surface area contributed by atoms with Crippen molar-refractivity contribution in [1.29, 1.82) is 0 Å². The highest BCUT2D eigenvalue weighted by Crippen LogP contribution is 2.28. The van der Waals surface area contributed by atoms with Gasteiger partial charge in [-0.2, -0.15) is 0 Å². The number of rotatable bonds is 5. The zero-order valence-corrected chi connectivity index (χ0v) is 9.92. The first kappa shape index (κ1) is 13.3. The SMILES string of the molecule is C=C(OC)[C@H](C(=O)OC)[C@@H](O)c1ccccc1. The lowest BCUT2D eigenvalue weighted by Crippen LogP contribution is -2.26. The van der Waals surface area contributed by atoms with E-state index in [2.05, 4.69) is 11.3 Å². The number of ether oxygens (including phenoxy) is 2. The van der Waals surface area contributed by atoms with Gasteiger partial charge in [-0.1, -0.05) is 36.9 Å². The van der Waals surface area contributed by atoms with Gasteiger partial charge in [-0.3, -0.25) is 4.79 Å². The second kappa shape index (κ2) is 6.06. The van der Waals surface area contributed by atoms with Gasteiger partial charge in [0, 0.05) is 0 Å². The molecule has 0 spiro atoms. The molecule has 0 amide bonds. The van der Waals surface area contributed by atoms with Gasteiger partial charge in [0.05, 0.1) is 20.3 Å². The van der Waals surface area contributed by atoms with Crippen molar-refractivity contribution in [1.82, 2.24) is 0 Å². The van der Waals surface area contributed by atoms with Crippen molar-refractivity contribution in [3.8, 4) is 0 Å². The Morgan fingerprint density at radius 3 is 2.29 bits per heavy atom. The maximum Gasteiger partial charge on any atom is 0.319 e. The van der Waals surface area contributed by atoms with Crippen molar-refractivity contribution >= 4 is 5.97 Å². The minimum atomic E-state index is -1.03. The summed E-state index contributed by atoms with van der Waals surface area (Å²) in [6.45, 7) is 3.61. The van der Waals surface area contributed by atoms with Crippen molar-refractivity contribution in [2.24, 2.45) is 5.92 Å². The van der Waals surface area contributed by atoms with E-state index in [0.717, 1.165) is 0 Å². The van der Waals surface area contributed by atoms with Gasteiger partial charge in [0.25, 0.3) is 0 Å². The van der Waals surface area contributed by atoms with E-state index in [9.17, 15) is 9.90 Å². The first-order valence-corrected chi connectivity index (χ1v) is 5.15. The molecule has 0 aliphatic heterocycles. The van der Waals surface area contributed by atoms with E-state index in [1.54, 1.807) is 24.3 Å². The third-order valence-corrected chi connectivity index (χ3v) is 2.52. The molecule has 1 N–H and O–H groups in total. The maximum atomic E-state index is 11.6. The number of hydrogen-bond acceptors (Lipinski definition) is 4. The van der Waals surface area contributed by atoms with Crippen LogP contribution in [0.3, 0.4) is 0 Å². The molecule has 1 aromatic rings. The molecule has 2 atom stereocenters. The predicted octanol–water partition coefficient (Wildman–Crippen LogP) is 1.67. The molecule has 0 unspecified atom stereocenters. The second-order valence-corrected chi connectivity index (χ2v) is 3.53. The van der Waals surface area contributed by atoms with Gasteiger partial charge >= 0.3 is 5.97 Å². The fourth-order valence-corrected chi connectivity index (χ4v) is 1.53. The van der Waals surface area contributed by atoms with Crippen LogP contribution in [-0.4, -0.2) is 25.3 Å². The molecule has 0 radical (unpaired) electrons. The summed E-state index contributed by atoms with van der Waals surface area (Å²) in [7, 11) is 2.66. The molecule has 0 heterocycles. The lowest BCUT2D eigenvalue weighted by Gasteiger charge is -2.21. The summed E-state index contributed by atoms with van der Waals surface area (Å²) in [5.74, 6) is -1.33. The first-order chi connectivity index (χ1) is 8.11. The molecule has 0 bridgehead atoms. The van der Waals surface area contributed by atoms with Crippen molar-refractivity contribution in [2.45, 2.75) is 6.10 Å². The zero-order valence-electron chi connectivity index (χ0n) is 9.92. The van der Waals surface area contributed by atoms with E-state index in [-0.39, 0.29) is 5.76 Å². The minimum absolute atomic E-state index is 0.174. The average molecular weight is 236 g/mol. The molecule has 0 aliphatic carbocycles. The highest BCUT2D eigenvalue weighted by atomic mass is 16.5. The van der Waals surface area contributed by atoms with Crippen molar-refractivity contribution < 1.29 is 19.4 Å². The standard InChI is InChI=1S/C13H16O4/c1-9(16-2)11(13(15)17-3)12(14)10-7-5-4-6-8-10/h4-8,11-12,14H,1H2,2-3H3/t11-,12-/m0/s1. The average Bonchev–Trinajstić information content (AvgIpc) is 2.39. The van der Waals surface area contributed by atoms with Crippen molar-refractivity contribution in [2.75, 3.05) is 14.2 Å². The number of carbonyl (C=O) groups excluding carboxylic acids is 1. The molecular weight excluding hydrogens is 220 g/mol. The van der Waals surface area contributed by atoms with Gasteiger partial charge < -0.3 is 14.6 Å². The Balaban J connectivity index is 2.99. The van der Waals surface area contributed by atoms with Crippen molar-refractivity contribution in [3.05, 3.63) is 48.2 Å². The summed E-state index contributed by atoms with van der Waals surface area (Å²) in [4.78, 5) is 11.6. The van der Waals surface area contributed by atoms with Gasteiger partial charge in [-0.25, -0.2) is 0 Å². The highest BCUT2D eigenvalue weighted by molar-refractivity contribution is 5.76. The van der Waals surface area contributed by atoms with Crippen LogP contribution in [0.15, 0.2) is 42.7 Å². The van der Waals surface area contributed by atoms with Crippen LogP contribution in [0.1, 0.15) is 11.7 Å². The molecule has 4 nitrogen and oxygen atoms in total. The Kier molecular flexibility index (Phi) is 4.72. The van der Waals surface area contributed by atoms with Gasteiger partial charge in [-0.05, 0) is 5.56 Å². The van der Waals surface area contributed by atoms with E-state index < -0.39 is 18.0 Å². The number of aliphatic hydroxyl groups is 1. The van der Waals surface area contributed by atoms with Gasteiger partial charge in [0.15, 0.2) is 0 Å². The van der Waals surface area contributed by atoms with Crippen LogP contribution in [0.25, 0.3) is 0 Å². The van der Waals surface area contributed by atoms with Crippen molar-refractivity contribution in [3.63, 3.8) is 0 Å². The quantitative estimate of drug-likeness (QED) is 0.624. The molecule has 4 heteroatoms. The molecule has 1 aromatic carbocycles. The molecule has 1 rings (SSSR count). The number of aliphatic hydroxyl groups excluding tert-OH is 1. The molecule has 0 aromatic heterocycles. The summed E-state index contributed by atoms with van der Waals surface area (Å²) in [6, 6.07) is 8.84. The number of methoxy groups -OCH3 is 2. The minimum Gasteiger partial charge on any atom is -0.501 e. The van der Waals surface area contributed by atoms with Crippen LogP contribution in [0.5, 0.6) is 0 Å². The molecule has 0 saturated heterocycles. The van der Waals surface area contributed by atoms with E-state index in [1.165, 1.54) is 14.2 Å². The second-order valence-electron chi connectivity index (χ2n) is 3.53. The summed E-state index contributed by atoms with van der Waals surface area (Å²) >= 11 is 0. The van der Waals surface area contributed by atoms with E-state index >= 15 is 0 Å². The van der Waals surface area contributed by atoms with Gasteiger partial charge in [0.2, 0.25) is 0 Å². The molecule has 0 saturated carbocycles. The third-order valence-electron chi connectivity index (χ3n) is 2.52. The van der Waals surface area contributed by atoms with E-state index in [1.807, 2.05) is 6.07 Å². The predicted molar refractivity (Wildman–Crippen MR) is 63.1 cm³/mol. The molecule has 0 aliphatic rings. The number of hydrogen-bond donors (Lipinski definition) is 1. The van der Waals surface area contributed by atoms with Gasteiger partial charge in [-0.15, -0.1) is 0 Å². The van der Waals surface area contributed by atoms with Crippen LogP contribution in [0.2, 0.25) is 0 Å².